The van der Waals surface area contributed by atoms with E-state index in [1.807, 2.05) is 11.9 Å². The van der Waals surface area contributed by atoms with Crippen molar-refractivity contribution in [1.82, 2.24) is 4.90 Å². The van der Waals surface area contributed by atoms with E-state index in [1.54, 1.807) is 0 Å². The summed E-state index contributed by atoms with van der Waals surface area (Å²) in [6.45, 7) is 7.66. The van der Waals surface area contributed by atoms with Gasteiger partial charge in [-0.3, -0.25) is 4.79 Å². The van der Waals surface area contributed by atoms with E-state index in [4.69, 9.17) is 5.73 Å². The minimum atomic E-state index is 0. The van der Waals surface area contributed by atoms with Crippen molar-refractivity contribution >= 4 is 18.3 Å². The van der Waals surface area contributed by atoms with Crippen LogP contribution in [0.5, 0.6) is 0 Å². The van der Waals surface area contributed by atoms with Gasteiger partial charge in [0.05, 0.1) is 0 Å². The predicted octanol–water partition coefficient (Wildman–Crippen LogP) is 3.07. The third kappa shape index (κ3) is 6.13. The van der Waals surface area contributed by atoms with Gasteiger partial charge in [0.2, 0.25) is 5.91 Å². The first kappa shape index (κ1) is 18.7. The second kappa shape index (κ2) is 8.11. The highest BCUT2D eigenvalue weighted by Crippen LogP contribution is 2.30. The molecule has 0 bridgehead atoms. The quantitative estimate of drug-likeness (QED) is 0.817. The molecule has 0 aromatic carbocycles. The van der Waals surface area contributed by atoms with Crippen LogP contribution in [-0.4, -0.2) is 30.9 Å². The number of hydrogen-bond donors (Lipinski definition) is 1. The molecule has 0 radical (unpaired) electrons. The lowest BCUT2D eigenvalue weighted by atomic mass is 9.91. The standard InChI is InChI=1S/C15H30N2O.ClH/c1-12(9-13-7-5-6-8-13)14(18)17(4)11-15(2,3)10-16;/h12-13H,5-11,16H2,1-4H3;1H. The van der Waals surface area contributed by atoms with Gasteiger partial charge in [-0.15, -0.1) is 12.4 Å². The van der Waals surface area contributed by atoms with E-state index in [9.17, 15) is 4.79 Å². The Bertz CT molecular complexity index is 275. The van der Waals surface area contributed by atoms with Crippen molar-refractivity contribution in [2.24, 2.45) is 23.0 Å². The highest BCUT2D eigenvalue weighted by Gasteiger charge is 2.26. The lowest BCUT2D eigenvalue weighted by molar-refractivity contribution is -0.135. The maximum Gasteiger partial charge on any atom is 0.225 e. The van der Waals surface area contributed by atoms with Crippen LogP contribution in [0.3, 0.4) is 0 Å². The molecule has 1 amide bonds. The average molecular weight is 291 g/mol. The molecule has 0 spiro atoms. The first-order valence-electron chi connectivity index (χ1n) is 7.31. The summed E-state index contributed by atoms with van der Waals surface area (Å²) in [5.41, 5.74) is 5.74. The summed E-state index contributed by atoms with van der Waals surface area (Å²) in [7, 11) is 1.91. The van der Waals surface area contributed by atoms with Crippen LogP contribution >= 0.6 is 12.4 Å². The predicted molar refractivity (Wildman–Crippen MR) is 83.5 cm³/mol. The van der Waals surface area contributed by atoms with Crippen LogP contribution in [0.4, 0.5) is 0 Å². The highest BCUT2D eigenvalue weighted by molar-refractivity contribution is 5.85. The first-order chi connectivity index (χ1) is 8.35. The number of hydrogen-bond acceptors (Lipinski definition) is 2. The summed E-state index contributed by atoms with van der Waals surface area (Å²) in [4.78, 5) is 14.2. The molecule has 114 valence electrons. The number of carbonyl (C=O) groups excluding carboxylic acids is 1. The Balaban J connectivity index is 0.00000324. The molecule has 0 aromatic rings. The molecule has 19 heavy (non-hydrogen) atoms. The number of rotatable bonds is 6. The second-order valence-electron chi connectivity index (χ2n) is 6.85. The first-order valence-corrected chi connectivity index (χ1v) is 7.31. The van der Waals surface area contributed by atoms with E-state index in [-0.39, 0.29) is 29.6 Å². The maximum atomic E-state index is 12.3. The SMILES string of the molecule is CC(CC1CCCC1)C(=O)N(C)CC(C)(C)CN.Cl. The zero-order chi connectivity index (χ0) is 13.8. The van der Waals surface area contributed by atoms with Crippen LogP contribution in [0.2, 0.25) is 0 Å². The summed E-state index contributed by atoms with van der Waals surface area (Å²) < 4.78 is 0. The summed E-state index contributed by atoms with van der Waals surface area (Å²) >= 11 is 0. The van der Waals surface area contributed by atoms with E-state index in [0.717, 1.165) is 18.9 Å². The minimum Gasteiger partial charge on any atom is -0.345 e. The number of halogens is 1. The van der Waals surface area contributed by atoms with Crippen molar-refractivity contribution in [1.29, 1.82) is 0 Å². The van der Waals surface area contributed by atoms with Gasteiger partial charge in [0.25, 0.3) is 0 Å². The van der Waals surface area contributed by atoms with Gasteiger partial charge in [-0.2, -0.15) is 0 Å². The van der Waals surface area contributed by atoms with Gasteiger partial charge in [0.1, 0.15) is 0 Å². The molecule has 0 aromatic heterocycles. The molecule has 1 fully saturated rings. The summed E-state index contributed by atoms with van der Waals surface area (Å²) in [5, 5.41) is 0. The van der Waals surface area contributed by atoms with Crippen molar-refractivity contribution in [3.05, 3.63) is 0 Å². The fraction of sp³-hybridized carbons (Fsp3) is 0.933. The van der Waals surface area contributed by atoms with Gasteiger partial charge in [0, 0.05) is 19.5 Å². The molecule has 0 heterocycles. The molecular weight excluding hydrogens is 260 g/mol. The number of nitrogens with two attached hydrogens (primary N) is 1. The zero-order valence-electron chi connectivity index (χ0n) is 12.9. The number of amides is 1. The van der Waals surface area contributed by atoms with Gasteiger partial charge in [-0.1, -0.05) is 46.5 Å². The molecule has 0 aliphatic heterocycles. The Hall–Kier alpha value is -0.280. The lowest BCUT2D eigenvalue weighted by Gasteiger charge is -2.31. The van der Waals surface area contributed by atoms with Gasteiger partial charge in [-0.05, 0) is 24.3 Å². The normalized spacial score (nSPS) is 17.9. The van der Waals surface area contributed by atoms with Crippen molar-refractivity contribution in [3.63, 3.8) is 0 Å². The van der Waals surface area contributed by atoms with Gasteiger partial charge < -0.3 is 10.6 Å². The van der Waals surface area contributed by atoms with Gasteiger partial charge in [0.15, 0.2) is 0 Å². The Morgan fingerprint density at radius 1 is 1.37 bits per heavy atom. The van der Waals surface area contributed by atoms with Crippen LogP contribution in [0.15, 0.2) is 0 Å². The van der Waals surface area contributed by atoms with E-state index in [0.29, 0.717) is 6.54 Å². The van der Waals surface area contributed by atoms with E-state index in [1.165, 1.54) is 25.7 Å². The molecule has 1 aliphatic rings. The van der Waals surface area contributed by atoms with Crippen molar-refractivity contribution in [2.75, 3.05) is 20.1 Å². The summed E-state index contributed by atoms with van der Waals surface area (Å²) in [6.07, 6.45) is 6.39. The van der Waals surface area contributed by atoms with Crippen LogP contribution in [0.1, 0.15) is 52.9 Å². The Morgan fingerprint density at radius 3 is 2.37 bits per heavy atom. The summed E-state index contributed by atoms with van der Waals surface area (Å²) in [6, 6.07) is 0. The summed E-state index contributed by atoms with van der Waals surface area (Å²) in [5.74, 6) is 1.22. The molecule has 1 unspecified atom stereocenters. The Kier molecular flexibility index (Phi) is 7.99. The van der Waals surface area contributed by atoms with Crippen LogP contribution in [0, 0.1) is 17.3 Å². The number of carbonyl (C=O) groups is 1. The average Bonchev–Trinajstić information content (AvgIpc) is 2.80. The molecule has 0 saturated heterocycles. The van der Waals surface area contributed by atoms with E-state index < -0.39 is 0 Å². The zero-order valence-corrected chi connectivity index (χ0v) is 13.8. The Morgan fingerprint density at radius 2 is 1.89 bits per heavy atom. The molecule has 1 aliphatic carbocycles. The third-order valence-electron chi connectivity index (χ3n) is 4.18. The number of nitrogens with zero attached hydrogens (tertiary/aromatic N) is 1. The van der Waals surface area contributed by atoms with Crippen molar-refractivity contribution < 1.29 is 4.79 Å². The largest absolute Gasteiger partial charge is 0.345 e. The second-order valence-corrected chi connectivity index (χ2v) is 6.85. The van der Waals surface area contributed by atoms with Gasteiger partial charge in [-0.25, -0.2) is 0 Å². The van der Waals surface area contributed by atoms with Crippen LogP contribution in [0.25, 0.3) is 0 Å². The van der Waals surface area contributed by atoms with Crippen LogP contribution < -0.4 is 5.73 Å². The fourth-order valence-corrected chi connectivity index (χ4v) is 3.01. The maximum absolute atomic E-state index is 12.3. The molecule has 3 nitrogen and oxygen atoms in total. The third-order valence-corrected chi connectivity index (χ3v) is 4.18. The smallest absolute Gasteiger partial charge is 0.225 e. The molecular formula is C15H31ClN2O. The lowest BCUT2D eigenvalue weighted by Crippen LogP contribution is -2.42. The van der Waals surface area contributed by atoms with Gasteiger partial charge >= 0.3 is 0 Å². The van der Waals surface area contributed by atoms with Crippen molar-refractivity contribution in [3.8, 4) is 0 Å². The molecule has 1 saturated carbocycles. The highest BCUT2D eigenvalue weighted by atomic mass is 35.5. The molecule has 4 heteroatoms. The molecule has 1 atom stereocenters. The fourth-order valence-electron chi connectivity index (χ4n) is 3.01. The topological polar surface area (TPSA) is 46.3 Å². The monoisotopic (exact) mass is 290 g/mol. The van der Waals surface area contributed by atoms with E-state index >= 15 is 0 Å². The van der Waals surface area contributed by atoms with Crippen LogP contribution in [-0.2, 0) is 4.79 Å². The Labute approximate surface area is 124 Å². The molecule has 2 N–H and O–H groups in total. The molecule has 1 rings (SSSR count). The van der Waals surface area contributed by atoms with Crippen molar-refractivity contribution in [2.45, 2.75) is 52.9 Å². The minimum absolute atomic E-state index is 0. The van der Waals surface area contributed by atoms with E-state index in [2.05, 4.69) is 20.8 Å².